The summed E-state index contributed by atoms with van der Waals surface area (Å²) in [6, 6.07) is 0. The molecule has 2 atom stereocenters. The van der Waals surface area contributed by atoms with E-state index in [-0.39, 0.29) is 0 Å². The Bertz CT molecular complexity index is 210. The first-order valence-electron chi connectivity index (χ1n) is 3.50. The molecule has 0 spiro atoms. The van der Waals surface area contributed by atoms with Gasteiger partial charge in [-0.15, -0.1) is 0 Å². The minimum absolute atomic E-state index is 0.438. The number of hydrogen-bond acceptors (Lipinski definition) is 4. The first-order chi connectivity index (χ1) is 5.46. The van der Waals surface area contributed by atoms with Crippen LogP contribution in [0.25, 0.3) is 0 Å². The number of hydrogen-bond donors (Lipinski definition) is 1. The van der Waals surface area contributed by atoms with E-state index in [1.807, 2.05) is 0 Å². The summed E-state index contributed by atoms with van der Waals surface area (Å²) in [7, 11) is 0. The lowest BCUT2D eigenvalue weighted by atomic mass is 10.2. The molecule has 0 aliphatic carbocycles. The Morgan fingerprint density at radius 2 is 2.08 bits per heavy atom. The molecule has 0 saturated carbocycles. The predicted molar refractivity (Wildman–Crippen MR) is 37.5 cm³/mol. The van der Waals surface area contributed by atoms with E-state index in [2.05, 4.69) is 0 Å². The third kappa shape index (κ3) is 1.62. The van der Waals surface area contributed by atoms with Crippen molar-refractivity contribution in [1.29, 1.82) is 0 Å². The van der Waals surface area contributed by atoms with Crippen LogP contribution in [0.4, 0.5) is 0 Å². The molecule has 1 aliphatic heterocycles. The first kappa shape index (κ1) is 9.15. The summed E-state index contributed by atoms with van der Waals surface area (Å²) in [5.74, 6) is -2.17. The lowest BCUT2D eigenvalue weighted by Crippen LogP contribution is -2.32. The molecule has 12 heavy (non-hydrogen) atoms. The fourth-order valence-corrected chi connectivity index (χ4v) is 1.08. The number of aldehydes is 1. The van der Waals surface area contributed by atoms with Gasteiger partial charge in [0.05, 0.1) is 0 Å². The molecule has 1 rings (SSSR count). The molecule has 1 fully saturated rings. The molecule has 0 unspecified atom stereocenters. The molecule has 1 heterocycles. The van der Waals surface area contributed by atoms with Crippen LogP contribution >= 0.6 is 0 Å². The summed E-state index contributed by atoms with van der Waals surface area (Å²) in [5.41, 5.74) is 0. The fourth-order valence-electron chi connectivity index (χ4n) is 1.08. The lowest BCUT2D eigenvalue weighted by molar-refractivity contribution is -0.165. The molecular formula is C7H10O5. The summed E-state index contributed by atoms with van der Waals surface area (Å²) in [4.78, 5) is 20.8. The number of aliphatic carboxylic acids is 1. The van der Waals surface area contributed by atoms with Crippen LogP contribution in [0.1, 0.15) is 13.8 Å². The maximum atomic E-state index is 10.5. The number of carboxylic acids is 1. The van der Waals surface area contributed by atoms with Gasteiger partial charge in [0.25, 0.3) is 0 Å². The maximum absolute atomic E-state index is 10.5. The van der Waals surface area contributed by atoms with Crippen molar-refractivity contribution in [2.45, 2.75) is 31.8 Å². The van der Waals surface area contributed by atoms with Crippen LogP contribution in [0.3, 0.4) is 0 Å². The smallest absolute Gasteiger partial charge is 0.336 e. The van der Waals surface area contributed by atoms with Gasteiger partial charge < -0.3 is 19.4 Å². The minimum atomic E-state index is -1.18. The van der Waals surface area contributed by atoms with Crippen molar-refractivity contribution in [1.82, 2.24) is 0 Å². The Morgan fingerprint density at radius 1 is 1.50 bits per heavy atom. The first-order valence-corrected chi connectivity index (χ1v) is 3.50. The molecule has 0 aromatic carbocycles. The average molecular weight is 174 g/mol. The van der Waals surface area contributed by atoms with Gasteiger partial charge in [0.2, 0.25) is 0 Å². The van der Waals surface area contributed by atoms with E-state index in [1.54, 1.807) is 13.8 Å². The van der Waals surface area contributed by atoms with Crippen molar-refractivity contribution >= 4 is 12.3 Å². The Morgan fingerprint density at radius 3 is 2.42 bits per heavy atom. The number of carbonyl (C=O) groups excluding carboxylic acids is 1. The van der Waals surface area contributed by atoms with Gasteiger partial charge in [0, 0.05) is 0 Å². The van der Waals surface area contributed by atoms with Gasteiger partial charge in [0.15, 0.2) is 24.3 Å². The molecule has 5 heteroatoms. The van der Waals surface area contributed by atoms with Crippen molar-refractivity contribution in [2.24, 2.45) is 0 Å². The SMILES string of the molecule is CC1(C)O[C@@H](C=O)[C@@H](C(=O)O)O1. The van der Waals surface area contributed by atoms with E-state index < -0.39 is 24.0 Å². The molecule has 0 aromatic heterocycles. The fraction of sp³-hybridized carbons (Fsp3) is 0.714. The van der Waals surface area contributed by atoms with E-state index in [0.29, 0.717) is 6.29 Å². The molecule has 1 aliphatic rings. The van der Waals surface area contributed by atoms with Gasteiger partial charge in [-0.25, -0.2) is 4.79 Å². The van der Waals surface area contributed by atoms with Gasteiger partial charge >= 0.3 is 5.97 Å². The Kier molecular flexibility index (Phi) is 2.16. The van der Waals surface area contributed by atoms with Crippen LogP contribution in [-0.4, -0.2) is 35.4 Å². The van der Waals surface area contributed by atoms with E-state index in [4.69, 9.17) is 14.6 Å². The van der Waals surface area contributed by atoms with Crippen molar-refractivity contribution in [3.63, 3.8) is 0 Å². The third-order valence-corrected chi connectivity index (χ3v) is 1.51. The second kappa shape index (κ2) is 2.84. The summed E-state index contributed by atoms with van der Waals surface area (Å²) >= 11 is 0. The highest BCUT2D eigenvalue weighted by atomic mass is 16.8. The Balaban J connectivity index is 2.76. The highest BCUT2D eigenvalue weighted by Crippen LogP contribution is 2.26. The normalized spacial score (nSPS) is 33.2. The van der Waals surface area contributed by atoms with Crippen molar-refractivity contribution in [3.8, 4) is 0 Å². The van der Waals surface area contributed by atoms with Crippen LogP contribution in [0.15, 0.2) is 0 Å². The number of rotatable bonds is 2. The van der Waals surface area contributed by atoms with Crippen molar-refractivity contribution in [2.75, 3.05) is 0 Å². The second-order valence-electron chi connectivity index (χ2n) is 3.00. The summed E-state index contributed by atoms with van der Waals surface area (Å²) in [5, 5.41) is 8.58. The molecule has 0 radical (unpaired) electrons. The minimum Gasteiger partial charge on any atom is -0.479 e. The molecule has 68 valence electrons. The van der Waals surface area contributed by atoms with Gasteiger partial charge in [0.1, 0.15) is 0 Å². The topological polar surface area (TPSA) is 72.8 Å². The van der Waals surface area contributed by atoms with E-state index in [1.165, 1.54) is 0 Å². The van der Waals surface area contributed by atoms with Crippen LogP contribution in [0.5, 0.6) is 0 Å². The highest BCUT2D eigenvalue weighted by molar-refractivity contribution is 5.79. The van der Waals surface area contributed by atoms with Crippen LogP contribution < -0.4 is 0 Å². The predicted octanol–water partition coefficient (Wildman–Crippen LogP) is -0.210. The zero-order valence-corrected chi connectivity index (χ0v) is 6.81. The lowest BCUT2D eigenvalue weighted by Gasteiger charge is -2.15. The third-order valence-electron chi connectivity index (χ3n) is 1.51. The summed E-state index contributed by atoms with van der Waals surface area (Å²) in [6.45, 7) is 3.12. The largest absolute Gasteiger partial charge is 0.479 e. The van der Waals surface area contributed by atoms with Gasteiger partial charge in [-0.05, 0) is 13.8 Å². The quantitative estimate of drug-likeness (QED) is 0.586. The molecule has 0 aromatic rings. The van der Waals surface area contributed by atoms with Gasteiger partial charge in [-0.1, -0.05) is 0 Å². The number of carboxylic acid groups (broad SMARTS) is 1. The number of carbonyl (C=O) groups is 2. The van der Waals surface area contributed by atoms with Crippen LogP contribution in [0, 0.1) is 0 Å². The number of ether oxygens (including phenoxy) is 2. The van der Waals surface area contributed by atoms with Gasteiger partial charge in [-0.2, -0.15) is 0 Å². The zero-order chi connectivity index (χ0) is 9.35. The maximum Gasteiger partial charge on any atom is 0.336 e. The molecule has 5 nitrogen and oxygen atoms in total. The summed E-state index contributed by atoms with van der Waals surface area (Å²) < 4.78 is 9.96. The van der Waals surface area contributed by atoms with Crippen molar-refractivity contribution in [3.05, 3.63) is 0 Å². The van der Waals surface area contributed by atoms with E-state index in [9.17, 15) is 9.59 Å². The van der Waals surface area contributed by atoms with Gasteiger partial charge in [-0.3, -0.25) is 0 Å². The summed E-state index contributed by atoms with van der Waals surface area (Å²) in [6.07, 6.45) is -1.75. The molecule has 1 saturated heterocycles. The molecule has 0 amide bonds. The van der Waals surface area contributed by atoms with Crippen LogP contribution in [0.2, 0.25) is 0 Å². The Labute approximate surface area is 69.3 Å². The Hall–Kier alpha value is -0.940. The zero-order valence-electron chi connectivity index (χ0n) is 6.81. The monoisotopic (exact) mass is 174 g/mol. The van der Waals surface area contributed by atoms with E-state index in [0.717, 1.165) is 0 Å². The average Bonchev–Trinajstić information content (AvgIpc) is 2.25. The highest BCUT2D eigenvalue weighted by Gasteiger charge is 2.45. The standard InChI is InChI=1S/C7H10O5/c1-7(2)11-4(3-8)5(12-7)6(9)10/h3-5H,1-2H3,(H,9,10)/t4-,5-/m0/s1. The molecule has 0 bridgehead atoms. The van der Waals surface area contributed by atoms with Crippen LogP contribution in [-0.2, 0) is 19.1 Å². The molecular weight excluding hydrogens is 164 g/mol. The van der Waals surface area contributed by atoms with Crippen molar-refractivity contribution < 1.29 is 24.2 Å². The molecule has 1 N–H and O–H groups in total. The van der Waals surface area contributed by atoms with E-state index >= 15 is 0 Å². The second-order valence-corrected chi connectivity index (χ2v) is 3.00.